The van der Waals surface area contributed by atoms with Gasteiger partial charge < -0.3 is 24.4 Å². The van der Waals surface area contributed by atoms with Crippen LogP contribution < -0.4 is 10.1 Å². The Morgan fingerprint density at radius 2 is 2.31 bits per heavy atom. The van der Waals surface area contributed by atoms with E-state index in [1.165, 1.54) is 12.1 Å². The lowest BCUT2D eigenvalue weighted by molar-refractivity contribution is -0.0172. The van der Waals surface area contributed by atoms with Crippen molar-refractivity contribution in [2.45, 2.75) is 19.1 Å². The summed E-state index contributed by atoms with van der Waals surface area (Å²) >= 11 is 0. The number of nitrogens with zero attached hydrogens (tertiary/aromatic N) is 4. The molecule has 0 radical (unpaired) electrons. The Bertz CT molecular complexity index is 885. The molecule has 1 atom stereocenters. The molecule has 2 aliphatic heterocycles. The molecule has 1 saturated heterocycles. The van der Waals surface area contributed by atoms with Gasteiger partial charge in [-0.05, 0) is 24.1 Å². The number of nitrogens with one attached hydrogen (secondary N) is 1. The largest absolute Gasteiger partial charge is 0.467 e. The van der Waals surface area contributed by atoms with Crippen molar-refractivity contribution in [2.24, 2.45) is 12.0 Å². The molecule has 8 nitrogen and oxygen atoms in total. The Kier molecular flexibility index (Phi) is 5.96. The molecule has 3 heterocycles. The van der Waals surface area contributed by atoms with E-state index in [-0.39, 0.29) is 18.7 Å². The summed E-state index contributed by atoms with van der Waals surface area (Å²) in [6.45, 7) is 3.25. The zero-order valence-electron chi connectivity index (χ0n) is 16.7. The molecular weight excluding hydrogens is 377 g/mol. The molecule has 156 valence electrons. The van der Waals surface area contributed by atoms with Gasteiger partial charge in [-0.3, -0.25) is 9.67 Å². The Balaban J connectivity index is 1.37. The molecule has 2 aliphatic rings. The normalized spacial score (nSPS) is 19.6. The number of rotatable bonds is 4. The number of fused-ring (bicyclic) bond motifs is 1. The average molecular weight is 403 g/mol. The molecule has 1 aromatic heterocycles. The molecule has 1 N–H and O–H groups in total. The van der Waals surface area contributed by atoms with Crippen molar-refractivity contribution >= 4 is 5.96 Å². The van der Waals surface area contributed by atoms with Gasteiger partial charge >= 0.3 is 0 Å². The Morgan fingerprint density at radius 1 is 1.41 bits per heavy atom. The number of ether oxygens (including phenoxy) is 3. The summed E-state index contributed by atoms with van der Waals surface area (Å²) in [4.78, 5) is 6.58. The van der Waals surface area contributed by atoms with E-state index in [1.54, 1.807) is 11.7 Å². The third-order valence-corrected chi connectivity index (χ3v) is 5.10. The van der Waals surface area contributed by atoms with Gasteiger partial charge in [-0.1, -0.05) is 0 Å². The van der Waals surface area contributed by atoms with E-state index in [9.17, 15) is 4.39 Å². The van der Waals surface area contributed by atoms with Crippen molar-refractivity contribution in [1.82, 2.24) is 20.0 Å². The highest BCUT2D eigenvalue weighted by molar-refractivity contribution is 5.80. The zero-order chi connectivity index (χ0) is 20.2. The van der Waals surface area contributed by atoms with E-state index in [0.29, 0.717) is 32.7 Å². The second kappa shape index (κ2) is 8.79. The van der Waals surface area contributed by atoms with Gasteiger partial charge in [0.15, 0.2) is 12.8 Å². The van der Waals surface area contributed by atoms with Gasteiger partial charge in [0.05, 0.1) is 26.0 Å². The number of hydrogen-bond donors (Lipinski definition) is 1. The Hall–Kier alpha value is -2.65. The molecule has 0 spiro atoms. The lowest BCUT2D eigenvalue weighted by Crippen LogP contribution is -2.48. The number of aliphatic imine (C=N–C) groups is 1. The van der Waals surface area contributed by atoms with Crippen LogP contribution in [-0.4, -0.2) is 60.7 Å². The summed E-state index contributed by atoms with van der Waals surface area (Å²) in [5.74, 6) is 1.26. The third kappa shape index (κ3) is 4.51. The highest BCUT2D eigenvalue weighted by atomic mass is 19.1. The van der Waals surface area contributed by atoms with Crippen LogP contribution in [0.4, 0.5) is 4.39 Å². The number of guanidine groups is 1. The zero-order valence-corrected chi connectivity index (χ0v) is 16.7. The monoisotopic (exact) mass is 403 g/mol. The first-order chi connectivity index (χ1) is 14.1. The van der Waals surface area contributed by atoms with Crippen LogP contribution in [-0.2, 0) is 29.5 Å². The minimum Gasteiger partial charge on any atom is -0.467 e. The van der Waals surface area contributed by atoms with E-state index in [4.69, 9.17) is 14.2 Å². The molecule has 4 rings (SSSR count). The first-order valence-electron chi connectivity index (χ1n) is 9.71. The molecule has 2 aromatic rings. The van der Waals surface area contributed by atoms with Crippen LogP contribution in [0, 0.1) is 5.82 Å². The summed E-state index contributed by atoms with van der Waals surface area (Å²) in [6, 6.07) is 3.00. The molecular formula is C20H26FN5O3. The topological polar surface area (TPSA) is 73.1 Å². The number of halogens is 1. The number of benzene rings is 1. The van der Waals surface area contributed by atoms with Crippen LogP contribution in [0.25, 0.3) is 0 Å². The molecule has 9 heteroatoms. The van der Waals surface area contributed by atoms with Gasteiger partial charge in [0.2, 0.25) is 0 Å². The first-order valence-corrected chi connectivity index (χ1v) is 9.71. The summed E-state index contributed by atoms with van der Waals surface area (Å²) in [5, 5.41) is 7.61. The van der Waals surface area contributed by atoms with Crippen LogP contribution >= 0.6 is 0 Å². The quantitative estimate of drug-likeness (QED) is 0.618. The van der Waals surface area contributed by atoms with Gasteiger partial charge in [-0.25, -0.2) is 4.39 Å². The van der Waals surface area contributed by atoms with Gasteiger partial charge in [0.1, 0.15) is 17.7 Å². The van der Waals surface area contributed by atoms with Crippen LogP contribution in [0.2, 0.25) is 0 Å². The fourth-order valence-corrected chi connectivity index (χ4v) is 3.73. The highest BCUT2D eigenvalue weighted by Gasteiger charge is 2.25. The van der Waals surface area contributed by atoms with Crippen LogP contribution in [0.5, 0.6) is 5.75 Å². The average Bonchev–Trinajstić information content (AvgIpc) is 3.17. The van der Waals surface area contributed by atoms with Crippen LogP contribution in [0.1, 0.15) is 22.8 Å². The second-order valence-electron chi connectivity index (χ2n) is 7.14. The highest BCUT2D eigenvalue weighted by Crippen LogP contribution is 2.29. The van der Waals surface area contributed by atoms with Crippen molar-refractivity contribution in [3.63, 3.8) is 0 Å². The lowest BCUT2D eigenvalue weighted by Gasteiger charge is -2.34. The van der Waals surface area contributed by atoms with Gasteiger partial charge in [0.25, 0.3) is 0 Å². The molecule has 0 saturated carbocycles. The van der Waals surface area contributed by atoms with Crippen molar-refractivity contribution < 1.29 is 18.6 Å². The number of aryl methyl sites for hydroxylation is 1. The molecule has 0 amide bonds. The number of morpholine rings is 1. The van der Waals surface area contributed by atoms with Crippen LogP contribution in [0.15, 0.2) is 29.5 Å². The maximum Gasteiger partial charge on any atom is 0.193 e. The van der Waals surface area contributed by atoms with Crippen molar-refractivity contribution in [2.75, 3.05) is 40.1 Å². The molecule has 1 aromatic carbocycles. The summed E-state index contributed by atoms with van der Waals surface area (Å²) < 4.78 is 32.4. The first kappa shape index (κ1) is 19.7. The molecule has 0 aliphatic carbocycles. The maximum absolute atomic E-state index is 13.9. The number of aromatic nitrogens is 2. The van der Waals surface area contributed by atoms with Crippen LogP contribution in [0.3, 0.4) is 0 Å². The molecule has 1 unspecified atom stereocenters. The fourth-order valence-electron chi connectivity index (χ4n) is 3.73. The van der Waals surface area contributed by atoms with Crippen molar-refractivity contribution in [3.8, 4) is 5.75 Å². The number of hydrogen-bond acceptors (Lipinski definition) is 5. The third-order valence-electron chi connectivity index (χ3n) is 5.10. The predicted molar refractivity (Wildman–Crippen MR) is 105 cm³/mol. The Morgan fingerprint density at radius 3 is 3.10 bits per heavy atom. The molecule has 29 heavy (non-hydrogen) atoms. The minimum atomic E-state index is -0.273. The van der Waals surface area contributed by atoms with E-state index >= 15 is 0 Å². The summed E-state index contributed by atoms with van der Waals surface area (Å²) in [6.07, 6.45) is 4.39. The van der Waals surface area contributed by atoms with Crippen molar-refractivity contribution in [3.05, 3.63) is 47.0 Å². The molecule has 0 bridgehead atoms. The smallest absolute Gasteiger partial charge is 0.193 e. The Labute approximate surface area is 169 Å². The van der Waals surface area contributed by atoms with E-state index < -0.39 is 0 Å². The van der Waals surface area contributed by atoms with E-state index in [0.717, 1.165) is 34.9 Å². The molecule has 1 fully saturated rings. The standard InChI is InChI=1S/C20H26FN5O3/c1-22-20(26-5-6-28-18(11-26)16-9-24-25(2)10-16)23-4-3-14-7-17(21)8-15-12-27-13-29-19(14)15/h7-10,18H,3-6,11-13H2,1-2H3,(H,22,23). The van der Waals surface area contributed by atoms with Crippen molar-refractivity contribution in [1.29, 1.82) is 0 Å². The fraction of sp³-hybridized carbons (Fsp3) is 0.500. The predicted octanol–water partition coefficient (Wildman–Crippen LogP) is 1.62. The second-order valence-corrected chi connectivity index (χ2v) is 7.14. The van der Waals surface area contributed by atoms with Gasteiger partial charge in [-0.15, -0.1) is 0 Å². The minimum absolute atomic E-state index is 0.0420. The SMILES string of the molecule is CN=C(NCCc1cc(F)cc2c1OCOC2)N1CCOC(c2cnn(C)c2)C1. The van der Waals surface area contributed by atoms with Gasteiger partial charge in [-0.2, -0.15) is 5.10 Å². The van der Waals surface area contributed by atoms with E-state index in [2.05, 4.69) is 20.3 Å². The van der Waals surface area contributed by atoms with Gasteiger partial charge in [0, 0.05) is 44.5 Å². The maximum atomic E-state index is 13.9. The summed E-state index contributed by atoms with van der Waals surface area (Å²) in [5.41, 5.74) is 2.64. The summed E-state index contributed by atoms with van der Waals surface area (Å²) in [7, 11) is 3.66. The lowest BCUT2D eigenvalue weighted by atomic mass is 10.1. The van der Waals surface area contributed by atoms with E-state index in [1.807, 2.05) is 19.4 Å².